The van der Waals surface area contributed by atoms with Gasteiger partial charge >= 0.3 is 0 Å². The Morgan fingerprint density at radius 2 is 1.90 bits per heavy atom. The van der Waals surface area contributed by atoms with Crippen LogP contribution in [0.5, 0.6) is 0 Å². The van der Waals surface area contributed by atoms with Gasteiger partial charge in [0.1, 0.15) is 0 Å². The quantitative estimate of drug-likeness (QED) is 0.517. The van der Waals surface area contributed by atoms with Crippen molar-refractivity contribution in [2.75, 3.05) is 0 Å². The molecule has 0 radical (unpaired) electrons. The van der Waals surface area contributed by atoms with Crippen LogP contribution in [-0.4, -0.2) is 5.16 Å². The molecule has 1 unspecified atom stereocenters. The molecule has 0 saturated carbocycles. The first kappa shape index (κ1) is 8.53. The predicted octanol–water partition coefficient (Wildman–Crippen LogP) is 4.20. The van der Waals surface area contributed by atoms with E-state index >= 15 is 0 Å². The van der Waals surface area contributed by atoms with E-state index in [2.05, 4.69) is 34.3 Å². The van der Waals surface area contributed by atoms with E-state index in [1.165, 1.54) is 0 Å². The highest BCUT2D eigenvalue weighted by Gasteiger charge is 2.16. The molecule has 0 aromatic rings. The fourth-order valence-corrected chi connectivity index (χ4v) is 5.24. The second-order valence-corrected chi connectivity index (χ2v) is 7.86. The lowest BCUT2D eigenvalue weighted by atomic mass is 10.3. The fourth-order valence-electron chi connectivity index (χ4n) is 0.463. The van der Waals surface area contributed by atoms with Crippen molar-refractivity contribution < 1.29 is 0 Å². The predicted molar refractivity (Wildman–Crippen MR) is 49.2 cm³/mol. The lowest BCUT2D eigenvalue weighted by Gasteiger charge is -2.17. The zero-order valence-corrected chi connectivity index (χ0v) is 9.02. The molecule has 0 spiro atoms. The summed E-state index contributed by atoms with van der Waals surface area (Å²) in [7, 11) is 0.932. The van der Waals surface area contributed by atoms with E-state index in [1.54, 1.807) is 0 Å². The highest BCUT2D eigenvalue weighted by atomic mass is 31.2. The molecule has 1 aliphatic heterocycles. The molecular weight excluding hydrogens is 183 g/mol. The monoisotopic (exact) mass is 193 g/mol. The highest BCUT2D eigenvalue weighted by Crippen LogP contribution is 2.50. The normalized spacial score (nSPS) is 27.7. The minimum absolute atomic E-state index is 0.264. The molecule has 0 N–H and O–H groups in total. The van der Waals surface area contributed by atoms with E-state index in [0.717, 1.165) is 17.0 Å². The third-order valence-corrected chi connectivity index (χ3v) is 5.24. The topological polar surface area (TPSA) is 37.1 Å². The average molecular weight is 193 g/mol. The molecular formula is C4H10N3P3. The number of rotatable bonds is 0. The maximum absolute atomic E-state index is 4.33. The van der Waals surface area contributed by atoms with Gasteiger partial charge in [0.2, 0.25) is 0 Å². The van der Waals surface area contributed by atoms with Crippen LogP contribution in [0.4, 0.5) is 0 Å². The van der Waals surface area contributed by atoms with Crippen molar-refractivity contribution in [1.29, 1.82) is 0 Å². The molecule has 0 saturated heterocycles. The van der Waals surface area contributed by atoms with Gasteiger partial charge in [0, 0.05) is 5.16 Å². The minimum Gasteiger partial charge on any atom is -0.207 e. The number of nitrogens with zero attached hydrogens (tertiary/aromatic N) is 3. The van der Waals surface area contributed by atoms with E-state index < -0.39 is 7.86 Å². The summed E-state index contributed by atoms with van der Waals surface area (Å²) < 4.78 is 12.6. The van der Waals surface area contributed by atoms with Crippen LogP contribution in [0.25, 0.3) is 0 Å². The average Bonchev–Trinajstić information content (AvgIpc) is 1.88. The zero-order chi connectivity index (χ0) is 7.61. The molecule has 10 heavy (non-hydrogen) atoms. The Morgan fingerprint density at radius 3 is 2.20 bits per heavy atom. The number of hydrogen-bond donors (Lipinski definition) is 0. The maximum Gasteiger partial charge on any atom is 0.160 e. The van der Waals surface area contributed by atoms with Crippen molar-refractivity contribution in [3.63, 3.8) is 0 Å². The van der Waals surface area contributed by atoms with Gasteiger partial charge in [-0.1, -0.05) is 20.8 Å². The molecule has 1 atom stereocenters. The van der Waals surface area contributed by atoms with Crippen LogP contribution >= 0.6 is 24.9 Å². The molecule has 0 fully saturated rings. The van der Waals surface area contributed by atoms with Crippen molar-refractivity contribution in [3.8, 4) is 0 Å². The number of hydrogen-bond acceptors (Lipinski definition) is 3. The van der Waals surface area contributed by atoms with Gasteiger partial charge < -0.3 is 0 Å². The van der Waals surface area contributed by atoms with Crippen LogP contribution in [0.15, 0.2) is 13.5 Å². The Kier molecular flexibility index (Phi) is 2.74. The van der Waals surface area contributed by atoms with Crippen LogP contribution in [0.3, 0.4) is 0 Å². The fraction of sp³-hybridized carbons (Fsp3) is 1.00. The molecule has 3 nitrogen and oxygen atoms in total. The second-order valence-electron chi connectivity index (χ2n) is 3.04. The van der Waals surface area contributed by atoms with Gasteiger partial charge in [-0.25, -0.2) is 9.03 Å². The Labute approximate surface area is 65.0 Å². The summed E-state index contributed by atoms with van der Waals surface area (Å²) in [6.45, 7) is 6.56. The molecule has 56 valence electrons. The van der Waals surface area contributed by atoms with Crippen LogP contribution in [-0.2, 0) is 0 Å². The molecule has 1 aliphatic rings. The third kappa shape index (κ3) is 2.23. The van der Waals surface area contributed by atoms with Crippen molar-refractivity contribution in [1.82, 2.24) is 0 Å². The van der Waals surface area contributed by atoms with Gasteiger partial charge in [0.15, 0.2) is 17.0 Å². The summed E-state index contributed by atoms with van der Waals surface area (Å²) in [4.78, 5) is 0. The summed E-state index contributed by atoms with van der Waals surface area (Å²) in [6, 6.07) is 0. The van der Waals surface area contributed by atoms with Crippen molar-refractivity contribution >= 4 is 24.9 Å². The van der Waals surface area contributed by atoms with E-state index in [-0.39, 0.29) is 5.16 Å². The summed E-state index contributed by atoms with van der Waals surface area (Å²) in [5.74, 6) is 0. The summed E-state index contributed by atoms with van der Waals surface area (Å²) >= 11 is 0. The Morgan fingerprint density at radius 1 is 1.20 bits per heavy atom. The van der Waals surface area contributed by atoms with Crippen LogP contribution in [0.1, 0.15) is 20.8 Å². The molecule has 0 amide bonds. The summed E-state index contributed by atoms with van der Waals surface area (Å²) in [5.41, 5.74) is 0. The lowest BCUT2D eigenvalue weighted by molar-refractivity contribution is 0.789. The first-order valence-corrected chi connectivity index (χ1v) is 5.99. The standard InChI is InChI=1S/C4H10N3P3/c1-4(2,3)10-6-8-5-9-7-10/h10H,1-3H3. The second kappa shape index (κ2) is 3.22. The van der Waals surface area contributed by atoms with Crippen LogP contribution in [0.2, 0.25) is 0 Å². The molecule has 0 bridgehead atoms. The minimum atomic E-state index is -0.832. The largest absolute Gasteiger partial charge is 0.207 e. The molecule has 1 heterocycles. The molecule has 0 aliphatic carbocycles. The van der Waals surface area contributed by atoms with Crippen LogP contribution < -0.4 is 0 Å². The van der Waals surface area contributed by atoms with E-state index in [9.17, 15) is 0 Å². The molecule has 6 heteroatoms. The Balaban J connectivity index is 2.85. The Bertz CT molecular complexity index is 212. The molecule has 1 rings (SSSR count). The van der Waals surface area contributed by atoms with Gasteiger partial charge in [-0.3, -0.25) is 0 Å². The smallest absolute Gasteiger partial charge is 0.160 e. The van der Waals surface area contributed by atoms with Crippen molar-refractivity contribution in [3.05, 3.63) is 0 Å². The third-order valence-electron chi connectivity index (χ3n) is 1.03. The van der Waals surface area contributed by atoms with Crippen molar-refractivity contribution in [2.45, 2.75) is 25.9 Å². The Hall–Kier alpha value is 0.430. The summed E-state index contributed by atoms with van der Waals surface area (Å²) in [5, 5.41) is 0.264. The van der Waals surface area contributed by atoms with Crippen LogP contribution in [0, 0.1) is 0 Å². The first-order valence-electron chi connectivity index (χ1n) is 3.00. The molecule has 0 aromatic heterocycles. The molecule has 0 aromatic carbocycles. The van der Waals surface area contributed by atoms with Crippen molar-refractivity contribution in [2.24, 2.45) is 13.5 Å². The van der Waals surface area contributed by atoms with Gasteiger partial charge in [-0.15, -0.1) is 0 Å². The summed E-state index contributed by atoms with van der Waals surface area (Å²) in [6.07, 6.45) is 0. The van der Waals surface area contributed by atoms with E-state index in [4.69, 9.17) is 0 Å². The van der Waals surface area contributed by atoms with E-state index in [1.807, 2.05) is 0 Å². The zero-order valence-electron chi connectivity index (χ0n) is 6.24. The van der Waals surface area contributed by atoms with Gasteiger partial charge in [0.25, 0.3) is 0 Å². The van der Waals surface area contributed by atoms with Gasteiger partial charge in [-0.2, -0.15) is 4.52 Å². The lowest BCUT2D eigenvalue weighted by Crippen LogP contribution is -2.04. The highest BCUT2D eigenvalue weighted by molar-refractivity contribution is 7.60. The first-order chi connectivity index (χ1) is 4.61. The van der Waals surface area contributed by atoms with Gasteiger partial charge in [0.05, 0.1) is 7.86 Å². The van der Waals surface area contributed by atoms with Gasteiger partial charge in [-0.05, 0) is 0 Å². The SMILES string of the molecule is CC(C)(C)[PH]1=NP=NP=N1. The maximum atomic E-state index is 4.33. The van der Waals surface area contributed by atoms with E-state index in [0.29, 0.717) is 0 Å².